The van der Waals surface area contributed by atoms with Gasteiger partial charge in [0, 0.05) is 46.5 Å². The molecule has 0 amide bonds. The summed E-state index contributed by atoms with van der Waals surface area (Å²) >= 11 is 0. The number of rotatable bonds is 4. The van der Waals surface area contributed by atoms with E-state index in [1.54, 1.807) is 0 Å². The fourth-order valence-corrected chi connectivity index (χ4v) is 8.43. The monoisotopic (exact) mass is 715 g/mol. The fraction of sp³-hybridized carbons (Fsp3) is 0.167. The summed E-state index contributed by atoms with van der Waals surface area (Å²) in [5.41, 5.74) is 11.6. The van der Waals surface area contributed by atoms with Crippen LogP contribution in [-0.4, -0.2) is 21.5 Å². The van der Waals surface area contributed by atoms with Crippen LogP contribution in [0.15, 0.2) is 146 Å². The lowest BCUT2D eigenvalue weighted by atomic mass is 9.59. The van der Waals surface area contributed by atoms with Gasteiger partial charge in [-0.05, 0) is 93.6 Å². The average molecular weight is 716 g/mol. The quantitative estimate of drug-likeness (QED) is 0.170. The molecule has 2 aliphatic rings. The van der Waals surface area contributed by atoms with Gasteiger partial charge in [-0.15, -0.1) is 0 Å². The van der Waals surface area contributed by atoms with Crippen molar-refractivity contribution < 1.29 is 4.74 Å². The molecule has 0 atom stereocenters. The second-order valence-corrected chi connectivity index (χ2v) is 16.8. The third-order valence-electron chi connectivity index (χ3n) is 11.2. The maximum atomic E-state index is 6.83. The number of nitrogens with zero attached hydrogens (tertiary/aromatic N) is 5. The Morgan fingerprint density at radius 2 is 1.11 bits per heavy atom. The van der Waals surface area contributed by atoms with Gasteiger partial charge in [0.1, 0.15) is 23.1 Å². The summed E-state index contributed by atoms with van der Waals surface area (Å²) < 4.78 is 9.09. The lowest BCUT2D eigenvalue weighted by molar-refractivity contribution is 0.483. The van der Waals surface area contributed by atoms with Crippen LogP contribution in [0.3, 0.4) is 0 Å². The van der Waals surface area contributed by atoms with Crippen molar-refractivity contribution in [3.63, 3.8) is 0 Å². The molecule has 0 saturated carbocycles. The van der Waals surface area contributed by atoms with E-state index in [1.165, 1.54) is 38.8 Å². The van der Waals surface area contributed by atoms with Gasteiger partial charge in [0.2, 0.25) is 0 Å². The Balaban J connectivity index is 1.12. The molecule has 7 heteroatoms. The largest absolute Gasteiger partial charge is 0.457 e. The van der Waals surface area contributed by atoms with Crippen molar-refractivity contribution >= 4 is 57.1 Å². The van der Waals surface area contributed by atoms with Gasteiger partial charge in [0.25, 0.3) is 0 Å². The van der Waals surface area contributed by atoms with Crippen LogP contribution in [0.25, 0.3) is 38.8 Å². The van der Waals surface area contributed by atoms with Crippen LogP contribution in [0.1, 0.15) is 52.7 Å². The first-order valence-electron chi connectivity index (χ1n) is 19.1. The van der Waals surface area contributed by atoms with Gasteiger partial charge in [-0.1, -0.05) is 102 Å². The second kappa shape index (κ2) is 12.1. The lowest BCUT2D eigenvalue weighted by Crippen LogP contribution is -2.55. The van der Waals surface area contributed by atoms with E-state index in [0.29, 0.717) is 0 Å². The van der Waals surface area contributed by atoms with E-state index in [0.717, 1.165) is 50.9 Å². The van der Waals surface area contributed by atoms with E-state index < -0.39 is 0 Å². The number of aromatic nitrogens is 3. The summed E-state index contributed by atoms with van der Waals surface area (Å²) in [6.45, 7) is 13.3. The molecule has 0 N–H and O–H groups in total. The van der Waals surface area contributed by atoms with Crippen molar-refractivity contribution in [1.82, 2.24) is 14.5 Å². The number of hydrogen-bond donors (Lipinski definition) is 0. The first kappa shape index (κ1) is 33.2. The predicted molar refractivity (Wildman–Crippen MR) is 228 cm³/mol. The zero-order chi connectivity index (χ0) is 37.6. The van der Waals surface area contributed by atoms with E-state index in [2.05, 4.69) is 189 Å². The van der Waals surface area contributed by atoms with E-state index >= 15 is 0 Å². The minimum Gasteiger partial charge on any atom is -0.457 e. The zero-order valence-corrected chi connectivity index (χ0v) is 32.1. The maximum Gasteiger partial charge on any atom is 0.422 e. The predicted octanol–water partition coefficient (Wildman–Crippen LogP) is 11.6. The van der Waals surface area contributed by atoms with Crippen molar-refractivity contribution in [2.45, 2.75) is 52.4 Å². The Morgan fingerprint density at radius 3 is 1.89 bits per heavy atom. The topological polar surface area (TPSA) is 46.4 Å². The van der Waals surface area contributed by atoms with Crippen LogP contribution in [0.5, 0.6) is 11.5 Å². The molecule has 6 nitrogen and oxygen atoms in total. The average Bonchev–Trinajstić information content (AvgIpc) is 3.70. The number of fused-ring (bicyclic) bond motifs is 11. The fourth-order valence-electron chi connectivity index (χ4n) is 8.43. The second-order valence-electron chi connectivity index (χ2n) is 16.8. The Bertz CT molecular complexity index is 2810. The Hall–Kier alpha value is -6.34. The smallest absolute Gasteiger partial charge is 0.422 e. The molecule has 0 unspecified atom stereocenters. The van der Waals surface area contributed by atoms with Crippen LogP contribution >= 0.6 is 0 Å². The van der Waals surface area contributed by atoms with Crippen molar-refractivity contribution in [3.05, 3.63) is 157 Å². The summed E-state index contributed by atoms with van der Waals surface area (Å²) in [5.74, 6) is 3.32. The first-order valence-corrected chi connectivity index (χ1v) is 19.1. The minimum atomic E-state index is -0.123. The van der Waals surface area contributed by atoms with Crippen molar-refractivity contribution in [3.8, 4) is 28.4 Å². The van der Waals surface area contributed by atoms with E-state index in [4.69, 9.17) is 14.7 Å². The van der Waals surface area contributed by atoms with E-state index in [1.807, 2.05) is 12.4 Å². The third-order valence-corrected chi connectivity index (χ3v) is 11.2. The van der Waals surface area contributed by atoms with Crippen LogP contribution in [0.2, 0.25) is 0 Å². The summed E-state index contributed by atoms with van der Waals surface area (Å²) in [4.78, 5) is 14.8. The molecule has 8 aromatic rings. The number of pyridine rings is 2. The highest BCUT2D eigenvalue weighted by atomic mass is 16.5. The van der Waals surface area contributed by atoms with Crippen molar-refractivity contribution in [1.29, 1.82) is 0 Å². The minimum absolute atomic E-state index is 0.00596. The molecule has 55 heavy (non-hydrogen) atoms. The van der Waals surface area contributed by atoms with Gasteiger partial charge in [-0.25, -0.2) is 9.97 Å². The SMILES string of the molecule is CC(C)(C)c1ccnc(N2B3c4ccccc4-c4ccccc4N3c3ccc(Oc4ccc5c6ccccc6n(-c6cc(C(C)(C)C)ccn6)c5c4)cc32)c1. The highest BCUT2D eigenvalue weighted by Gasteiger charge is 2.48. The normalized spacial score (nSPS) is 13.5. The lowest BCUT2D eigenvalue weighted by Gasteiger charge is -2.36. The Labute approximate surface area is 322 Å². The van der Waals surface area contributed by atoms with Crippen LogP contribution in [0.4, 0.5) is 22.9 Å². The van der Waals surface area contributed by atoms with Crippen LogP contribution < -0.4 is 19.8 Å². The molecular weight excluding hydrogens is 673 g/mol. The summed E-state index contributed by atoms with van der Waals surface area (Å²) in [7, 11) is 0. The van der Waals surface area contributed by atoms with E-state index in [-0.39, 0.29) is 17.8 Å². The van der Waals surface area contributed by atoms with Crippen LogP contribution in [0, 0.1) is 0 Å². The van der Waals surface area contributed by atoms with Crippen molar-refractivity contribution in [2.24, 2.45) is 0 Å². The summed E-state index contributed by atoms with van der Waals surface area (Å²) in [6, 6.07) is 47.6. The van der Waals surface area contributed by atoms with Gasteiger partial charge in [0.15, 0.2) is 0 Å². The highest BCUT2D eigenvalue weighted by Crippen LogP contribution is 2.52. The molecule has 0 spiro atoms. The Kier molecular flexibility index (Phi) is 7.31. The number of ether oxygens (including phenoxy) is 1. The molecule has 268 valence electrons. The molecular formula is C48H42BN5O. The standard InChI is InChI=1S/C48H42BN5O/c1-47(2,3)31-23-25-50-45(27-31)52-40-17-11-8-15-37(40)38-21-19-33(29-43(38)52)55-34-20-22-42-44(30-34)54(46-28-32(24-26-51-46)48(4,5)6)49-39-16-10-7-13-35(39)36-14-9-12-18-41(36)53(42)49/h7-30H,1-6H3. The molecule has 10 rings (SSSR count). The van der Waals surface area contributed by atoms with Gasteiger partial charge in [-0.2, -0.15) is 0 Å². The number of anilines is 4. The molecule has 0 fully saturated rings. The zero-order valence-electron chi connectivity index (χ0n) is 32.1. The van der Waals surface area contributed by atoms with Gasteiger partial charge in [-0.3, -0.25) is 4.57 Å². The van der Waals surface area contributed by atoms with Crippen molar-refractivity contribution in [2.75, 3.05) is 9.62 Å². The summed E-state index contributed by atoms with van der Waals surface area (Å²) in [5, 5.41) is 2.34. The molecule has 0 aliphatic carbocycles. The number of benzene rings is 5. The Morgan fingerprint density at radius 1 is 0.491 bits per heavy atom. The van der Waals surface area contributed by atoms with Crippen LogP contribution in [-0.2, 0) is 10.8 Å². The molecule has 3 aromatic heterocycles. The van der Waals surface area contributed by atoms with Gasteiger partial charge < -0.3 is 14.4 Å². The molecule has 5 aromatic carbocycles. The molecule has 2 aliphatic heterocycles. The van der Waals surface area contributed by atoms with E-state index in [9.17, 15) is 0 Å². The molecule has 5 heterocycles. The number of para-hydroxylation sites is 2. The van der Waals surface area contributed by atoms with Gasteiger partial charge >= 0.3 is 6.98 Å². The van der Waals surface area contributed by atoms with Gasteiger partial charge in [0.05, 0.1) is 22.4 Å². The number of hydrogen-bond acceptors (Lipinski definition) is 5. The maximum absolute atomic E-state index is 6.83. The first-order chi connectivity index (χ1) is 26.5. The molecule has 0 radical (unpaired) electrons. The highest BCUT2D eigenvalue weighted by molar-refractivity contribution is 6.86. The molecule has 0 saturated heterocycles. The molecule has 0 bridgehead atoms. The summed E-state index contributed by atoms with van der Waals surface area (Å²) in [6.07, 6.45) is 3.87. The third kappa shape index (κ3) is 5.32.